The standard InChI is InChI=1S/C26H18BN3P/c1-2-10-19(11-3-1)31-24-16-7-6-14-22(24)29-23-15-8-9-18-17-28-20-12-4-5-13-21(20)30(27(29)31)26(28)25(18)23/h1-16H,17H2/q+1. The molecule has 0 spiro atoms. The highest BCUT2D eigenvalue weighted by Crippen LogP contribution is 2.55. The van der Waals surface area contributed by atoms with Gasteiger partial charge in [-0.3, -0.25) is 4.48 Å². The number of nitrogens with zero attached hydrogens (tertiary/aromatic N) is 3. The Bertz CT molecular complexity index is 1540. The molecule has 5 aromatic rings. The van der Waals surface area contributed by atoms with Crippen LogP contribution in [0.15, 0.2) is 97.1 Å². The molecule has 3 aliphatic rings. The maximum absolute atomic E-state index is 2.65. The third-order valence-corrected chi connectivity index (χ3v) is 9.66. The van der Waals surface area contributed by atoms with E-state index in [4.69, 9.17) is 0 Å². The average molecular weight is 414 g/mol. The van der Waals surface area contributed by atoms with E-state index in [0.29, 0.717) is 0 Å². The van der Waals surface area contributed by atoms with Crippen LogP contribution in [0, 0.1) is 0 Å². The maximum Gasteiger partial charge on any atom is 0.542 e. The zero-order valence-corrected chi connectivity index (χ0v) is 17.7. The monoisotopic (exact) mass is 414 g/mol. The predicted molar refractivity (Wildman–Crippen MR) is 129 cm³/mol. The molecule has 0 fully saturated rings. The van der Waals surface area contributed by atoms with Crippen molar-refractivity contribution in [1.82, 2.24) is 4.57 Å². The number of hydrogen-bond acceptors (Lipinski definition) is 1. The number of para-hydroxylation sites is 3. The van der Waals surface area contributed by atoms with E-state index in [1.807, 2.05) is 0 Å². The Morgan fingerprint density at radius 1 is 0.742 bits per heavy atom. The number of hydrogen-bond donors (Lipinski definition) is 0. The van der Waals surface area contributed by atoms with E-state index in [1.54, 1.807) is 0 Å². The lowest BCUT2D eigenvalue weighted by Gasteiger charge is -2.30. The largest absolute Gasteiger partial charge is 0.542 e. The van der Waals surface area contributed by atoms with Gasteiger partial charge in [0, 0.05) is 30.0 Å². The van der Waals surface area contributed by atoms with Crippen LogP contribution in [-0.4, -0.2) is 11.3 Å². The summed E-state index contributed by atoms with van der Waals surface area (Å²) in [7, 11) is -0.586. The normalized spacial score (nSPS) is 17.1. The highest BCUT2D eigenvalue weighted by molar-refractivity contribution is 8.01. The van der Waals surface area contributed by atoms with Gasteiger partial charge in [-0.15, -0.1) is 0 Å². The van der Waals surface area contributed by atoms with Gasteiger partial charge in [0.25, 0.3) is 5.82 Å². The Kier molecular flexibility index (Phi) is 2.99. The van der Waals surface area contributed by atoms with Crippen molar-refractivity contribution >= 4 is 47.5 Å². The molecule has 31 heavy (non-hydrogen) atoms. The van der Waals surface area contributed by atoms with Gasteiger partial charge in [0.15, 0.2) is 11.0 Å². The third kappa shape index (κ3) is 1.89. The Hall–Kier alpha value is -3.36. The molecule has 3 nitrogen and oxygen atoms in total. The van der Waals surface area contributed by atoms with Gasteiger partial charge in [0.1, 0.15) is 6.54 Å². The smallest absolute Gasteiger partial charge is 0.338 e. The number of anilines is 2. The van der Waals surface area contributed by atoms with Crippen molar-refractivity contribution in [2.75, 3.05) is 4.81 Å². The maximum atomic E-state index is 2.65. The molecule has 1 aromatic heterocycles. The summed E-state index contributed by atoms with van der Waals surface area (Å²) in [5.41, 5.74) is 8.23. The topological polar surface area (TPSA) is 12.1 Å². The first-order chi connectivity index (χ1) is 15.4. The molecule has 0 saturated heterocycles. The minimum Gasteiger partial charge on any atom is -0.338 e. The second-order valence-corrected chi connectivity index (χ2v) is 10.7. The van der Waals surface area contributed by atoms with Crippen LogP contribution in [0.4, 0.5) is 11.4 Å². The van der Waals surface area contributed by atoms with Crippen molar-refractivity contribution in [3.8, 4) is 11.4 Å². The summed E-state index contributed by atoms with van der Waals surface area (Å²) in [4.78, 5) is 2.63. The van der Waals surface area contributed by atoms with Gasteiger partial charge in [-0.1, -0.05) is 72.8 Å². The molecule has 144 valence electrons. The minimum absolute atomic E-state index is 0.247. The van der Waals surface area contributed by atoms with Crippen LogP contribution in [0.5, 0.6) is 0 Å². The lowest BCUT2D eigenvalue weighted by molar-refractivity contribution is -0.491. The zero-order valence-electron chi connectivity index (χ0n) is 16.8. The van der Waals surface area contributed by atoms with E-state index in [1.165, 1.54) is 50.0 Å². The fourth-order valence-electron chi connectivity index (χ4n) is 5.83. The fourth-order valence-corrected chi connectivity index (χ4v) is 8.74. The molecule has 0 amide bonds. The van der Waals surface area contributed by atoms with E-state index < -0.39 is 7.80 Å². The van der Waals surface area contributed by atoms with Crippen LogP contribution in [0.25, 0.3) is 22.4 Å². The van der Waals surface area contributed by atoms with Crippen LogP contribution in [-0.2, 0) is 6.54 Å². The van der Waals surface area contributed by atoms with Gasteiger partial charge < -0.3 is 4.81 Å². The summed E-state index contributed by atoms with van der Waals surface area (Å²) < 4.78 is 5.18. The molecule has 0 N–H and O–H groups in total. The molecule has 1 atom stereocenters. The first-order valence-corrected chi connectivity index (χ1v) is 12.2. The highest BCUT2D eigenvalue weighted by Gasteiger charge is 2.58. The second-order valence-electron chi connectivity index (χ2n) is 8.49. The minimum atomic E-state index is -0.586. The number of aromatic nitrogens is 2. The summed E-state index contributed by atoms with van der Waals surface area (Å²) >= 11 is 0. The van der Waals surface area contributed by atoms with Crippen molar-refractivity contribution in [1.29, 1.82) is 0 Å². The zero-order chi connectivity index (χ0) is 20.1. The van der Waals surface area contributed by atoms with Crippen molar-refractivity contribution in [2.24, 2.45) is 0 Å². The molecule has 5 heteroatoms. The number of fused-ring (bicyclic) bond motifs is 8. The van der Waals surface area contributed by atoms with Gasteiger partial charge in [-0.25, -0.2) is 4.57 Å². The molecular weight excluding hydrogens is 396 g/mol. The Labute approximate surface area is 182 Å². The first kappa shape index (κ1) is 16.4. The molecule has 3 aliphatic heterocycles. The van der Waals surface area contributed by atoms with Gasteiger partial charge in [-0.05, 0) is 29.6 Å². The Balaban J connectivity index is 1.55. The molecule has 0 bridgehead atoms. The molecule has 0 radical (unpaired) electrons. The summed E-state index contributed by atoms with van der Waals surface area (Å²) in [5.74, 6) is 1.38. The van der Waals surface area contributed by atoms with Gasteiger partial charge in [0.05, 0.1) is 5.56 Å². The second kappa shape index (κ2) is 5.66. The van der Waals surface area contributed by atoms with E-state index in [0.717, 1.165) is 6.54 Å². The Morgan fingerprint density at radius 3 is 2.45 bits per heavy atom. The lowest BCUT2D eigenvalue weighted by Crippen LogP contribution is -2.61. The summed E-state index contributed by atoms with van der Waals surface area (Å²) in [6, 6.07) is 36.0. The summed E-state index contributed by atoms with van der Waals surface area (Å²) in [6.45, 7) is 1.20. The predicted octanol–water partition coefficient (Wildman–Crippen LogP) is 4.39. The highest BCUT2D eigenvalue weighted by atomic mass is 31.1. The Morgan fingerprint density at radius 2 is 1.52 bits per heavy atom. The van der Waals surface area contributed by atoms with Gasteiger partial charge in [-0.2, -0.15) is 0 Å². The van der Waals surface area contributed by atoms with Gasteiger partial charge >= 0.3 is 6.70 Å². The molecule has 4 aromatic carbocycles. The number of imidazole rings is 1. The molecular formula is C26H18BN3P+. The van der Waals surface area contributed by atoms with Gasteiger partial charge in [0.2, 0.25) is 0 Å². The SMILES string of the molecule is c1ccc(P2B3N(c4ccccc42)c2cccc4c2-c2n(c5ccccc5[n+]23)C4)cc1. The lowest BCUT2D eigenvalue weighted by atomic mass is 9.92. The van der Waals surface area contributed by atoms with Crippen molar-refractivity contribution < 1.29 is 4.48 Å². The first-order valence-electron chi connectivity index (χ1n) is 10.8. The average Bonchev–Trinajstić information content (AvgIpc) is 3.47. The van der Waals surface area contributed by atoms with E-state index in [9.17, 15) is 0 Å². The fraction of sp³-hybridized carbons (Fsp3) is 0.0385. The van der Waals surface area contributed by atoms with Crippen molar-refractivity contribution in [2.45, 2.75) is 6.54 Å². The third-order valence-electron chi connectivity index (χ3n) is 6.98. The number of rotatable bonds is 1. The molecule has 1 unspecified atom stereocenters. The molecule has 0 saturated carbocycles. The quantitative estimate of drug-likeness (QED) is 0.287. The van der Waals surface area contributed by atoms with Crippen LogP contribution in [0.1, 0.15) is 5.56 Å². The number of benzene rings is 4. The summed E-state index contributed by atoms with van der Waals surface area (Å²) in [6.07, 6.45) is 0. The van der Waals surface area contributed by atoms with Crippen LogP contribution in [0.2, 0.25) is 0 Å². The van der Waals surface area contributed by atoms with Crippen LogP contribution in [0.3, 0.4) is 0 Å². The van der Waals surface area contributed by atoms with Crippen molar-refractivity contribution in [3.05, 3.63) is 103 Å². The molecule has 4 heterocycles. The van der Waals surface area contributed by atoms with E-state index in [2.05, 4.69) is 111 Å². The van der Waals surface area contributed by atoms with Crippen LogP contribution >= 0.6 is 7.80 Å². The molecule has 8 rings (SSSR count). The van der Waals surface area contributed by atoms with Crippen LogP contribution < -0.4 is 19.9 Å². The summed E-state index contributed by atoms with van der Waals surface area (Å²) in [5, 5.41) is 2.91. The van der Waals surface area contributed by atoms with E-state index >= 15 is 0 Å². The van der Waals surface area contributed by atoms with E-state index in [-0.39, 0.29) is 6.70 Å². The molecule has 0 aliphatic carbocycles. The van der Waals surface area contributed by atoms with Crippen molar-refractivity contribution in [3.63, 3.8) is 0 Å².